The molecule has 4 rings (SSSR count). The molecule has 0 N–H and O–H groups in total. The molecule has 0 saturated heterocycles. The zero-order valence-corrected chi connectivity index (χ0v) is 20.2. The third kappa shape index (κ3) is 4.72. The zero-order chi connectivity index (χ0) is 26.0. The normalized spacial score (nSPS) is 16.2. The Bertz CT molecular complexity index is 1350. The highest BCUT2D eigenvalue weighted by Crippen LogP contribution is 2.51. The minimum atomic E-state index is -0.879. The number of carbonyl (C=O) groups is 2. The van der Waals surface area contributed by atoms with Crippen molar-refractivity contribution >= 4 is 22.9 Å². The summed E-state index contributed by atoms with van der Waals surface area (Å²) in [6.45, 7) is 2.33. The second-order valence-corrected chi connectivity index (χ2v) is 7.76. The molecule has 3 aromatic rings. The van der Waals surface area contributed by atoms with Crippen LogP contribution in [0.1, 0.15) is 25.5 Å². The third-order valence-corrected chi connectivity index (χ3v) is 5.37. The van der Waals surface area contributed by atoms with Crippen LogP contribution >= 0.6 is 0 Å². The van der Waals surface area contributed by atoms with Crippen LogP contribution in [0.2, 0.25) is 0 Å². The molecule has 2 aromatic carbocycles. The van der Waals surface area contributed by atoms with E-state index in [-0.39, 0.29) is 40.9 Å². The van der Waals surface area contributed by atoms with Gasteiger partial charge in [0, 0.05) is 30.9 Å². The Morgan fingerprint density at radius 3 is 2.11 bits per heavy atom. The fourth-order valence-electron chi connectivity index (χ4n) is 3.84. The standard InChI is InChI=1S/C25H24O11/c1-12(26)32-11-19-21(15-9-16(29-3)23(33-13(2)27)17(10-15)30-4)36-24-18(31-5)8-14-6-7-20(28)35-22(14)25(24)34-19/h6-10,19,21H,11H2,1-5H3/t19-,21-/m1/s1. The van der Waals surface area contributed by atoms with E-state index in [1.807, 2.05) is 0 Å². The van der Waals surface area contributed by atoms with Crippen LogP contribution in [0.15, 0.2) is 39.5 Å². The molecule has 11 heteroatoms. The number of fused-ring (bicyclic) bond motifs is 3. The van der Waals surface area contributed by atoms with Crippen molar-refractivity contribution in [3.05, 3.63) is 46.3 Å². The van der Waals surface area contributed by atoms with Crippen LogP contribution in [-0.2, 0) is 14.3 Å². The Morgan fingerprint density at radius 1 is 0.861 bits per heavy atom. The van der Waals surface area contributed by atoms with Crippen LogP contribution in [0, 0.1) is 0 Å². The molecule has 0 radical (unpaired) electrons. The monoisotopic (exact) mass is 500 g/mol. The summed E-state index contributed by atoms with van der Waals surface area (Å²) in [6, 6.07) is 7.68. The molecule has 0 spiro atoms. The molecule has 0 bridgehead atoms. The van der Waals surface area contributed by atoms with Crippen molar-refractivity contribution in [3.63, 3.8) is 0 Å². The summed E-state index contributed by atoms with van der Waals surface area (Å²) >= 11 is 0. The summed E-state index contributed by atoms with van der Waals surface area (Å²) in [6.07, 6.45) is -1.75. The van der Waals surface area contributed by atoms with Crippen molar-refractivity contribution in [2.45, 2.75) is 26.1 Å². The van der Waals surface area contributed by atoms with Gasteiger partial charge in [0.05, 0.1) is 21.3 Å². The number of carbonyl (C=O) groups excluding carboxylic acids is 2. The molecule has 0 saturated carbocycles. The minimum absolute atomic E-state index is 0.0928. The molecule has 0 aliphatic carbocycles. The Hall–Kier alpha value is -4.41. The van der Waals surface area contributed by atoms with Crippen molar-refractivity contribution < 1.29 is 47.2 Å². The summed E-state index contributed by atoms with van der Waals surface area (Å²) in [5.74, 6) is 0.0691. The van der Waals surface area contributed by atoms with E-state index in [1.165, 1.54) is 41.2 Å². The number of esters is 2. The van der Waals surface area contributed by atoms with Gasteiger partial charge in [0.25, 0.3) is 0 Å². The van der Waals surface area contributed by atoms with Gasteiger partial charge in [-0.1, -0.05) is 0 Å². The Balaban J connectivity index is 1.88. The van der Waals surface area contributed by atoms with Crippen LogP contribution in [0.25, 0.3) is 11.0 Å². The van der Waals surface area contributed by atoms with Crippen LogP contribution in [0.5, 0.6) is 34.5 Å². The lowest BCUT2D eigenvalue weighted by Crippen LogP contribution is -2.37. The zero-order valence-electron chi connectivity index (χ0n) is 20.2. The number of hydrogen-bond donors (Lipinski definition) is 0. The van der Waals surface area contributed by atoms with Crippen molar-refractivity contribution in [2.24, 2.45) is 0 Å². The van der Waals surface area contributed by atoms with Crippen molar-refractivity contribution in [3.8, 4) is 34.5 Å². The largest absolute Gasteiger partial charge is 0.493 e. The van der Waals surface area contributed by atoms with Crippen LogP contribution in [-0.4, -0.2) is 46.0 Å². The first-order valence-electron chi connectivity index (χ1n) is 10.8. The lowest BCUT2D eigenvalue weighted by atomic mass is 10.0. The molecular weight excluding hydrogens is 476 g/mol. The first kappa shape index (κ1) is 24.7. The average Bonchev–Trinajstić information content (AvgIpc) is 2.86. The molecule has 2 atom stereocenters. The van der Waals surface area contributed by atoms with Crippen molar-refractivity contribution in [1.82, 2.24) is 0 Å². The molecule has 1 aliphatic rings. The van der Waals surface area contributed by atoms with Gasteiger partial charge >= 0.3 is 17.6 Å². The number of ether oxygens (including phenoxy) is 7. The molecule has 0 fully saturated rings. The van der Waals surface area contributed by atoms with Gasteiger partial charge in [-0.05, 0) is 24.3 Å². The summed E-state index contributed by atoms with van der Waals surface area (Å²) in [5, 5.41) is 0.549. The molecule has 1 aromatic heterocycles. The van der Waals surface area contributed by atoms with E-state index in [1.54, 1.807) is 24.3 Å². The quantitative estimate of drug-likeness (QED) is 0.269. The Morgan fingerprint density at radius 2 is 1.53 bits per heavy atom. The second-order valence-electron chi connectivity index (χ2n) is 7.76. The number of methoxy groups -OCH3 is 3. The van der Waals surface area contributed by atoms with Gasteiger partial charge in [0.2, 0.25) is 17.2 Å². The maximum Gasteiger partial charge on any atom is 0.336 e. The van der Waals surface area contributed by atoms with Crippen LogP contribution in [0.4, 0.5) is 0 Å². The Kier molecular flexibility index (Phi) is 6.91. The molecule has 36 heavy (non-hydrogen) atoms. The fraction of sp³-hybridized carbons (Fsp3) is 0.320. The third-order valence-electron chi connectivity index (χ3n) is 5.37. The number of hydrogen-bond acceptors (Lipinski definition) is 11. The predicted molar refractivity (Wildman–Crippen MR) is 124 cm³/mol. The SMILES string of the molecule is COc1cc([C@H]2Oc3c(OC)cc4ccc(=O)oc4c3O[C@@H]2COC(C)=O)cc(OC)c1OC(C)=O. The summed E-state index contributed by atoms with van der Waals surface area (Å²) in [7, 11) is 4.28. The van der Waals surface area contributed by atoms with Gasteiger partial charge in [0.15, 0.2) is 35.0 Å². The maximum absolute atomic E-state index is 11.9. The van der Waals surface area contributed by atoms with Gasteiger partial charge in [-0.15, -0.1) is 0 Å². The van der Waals surface area contributed by atoms with E-state index in [2.05, 4.69) is 0 Å². The van der Waals surface area contributed by atoms with E-state index in [0.717, 1.165) is 0 Å². The number of benzene rings is 2. The first-order chi connectivity index (χ1) is 17.2. The molecule has 0 amide bonds. The van der Waals surface area contributed by atoms with Crippen molar-refractivity contribution in [1.29, 1.82) is 0 Å². The van der Waals surface area contributed by atoms with E-state index >= 15 is 0 Å². The lowest BCUT2D eigenvalue weighted by Gasteiger charge is -2.35. The van der Waals surface area contributed by atoms with E-state index in [4.69, 9.17) is 37.6 Å². The van der Waals surface area contributed by atoms with Gasteiger partial charge in [-0.2, -0.15) is 0 Å². The molecule has 0 unspecified atom stereocenters. The lowest BCUT2D eigenvalue weighted by molar-refractivity contribution is -0.145. The van der Waals surface area contributed by atoms with Gasteiger partial charge in [0.1, 0.15) is 6.61 Å². The van der Waals surface area contributed by atoms with Crippen molar-refractivity contribution in [2.75, 3.05) is 27.9 Å². The predicted octanol–water partition coefficient (Wildman–Crippen LogP) is 3.19. The molecule has 2 heterocycles. The van der Waals surface area contributed by atoms with Gasteiger partial charge in [-0.3, -0.25) is 9.59 Å². The minimum Gasteiger partial charge on any atom is -0.493 e. The molecule has 11 nitrogen and oxygen atoms in total. The van der Waals surface area contributed by atoms with Gasteiger partial charge < -0.3 is 37.6 Å². The Labute approximate surface area is 205 Å². The fourth-order valence-corrected chi connectivity index (χ4v) is 3.84. The summed E-state index contributed by atoms with van der Waals surface area (Å²) in [5.41, 5.74) is 0.0802. The molecule has 190 valence electrons. The van der Waals surface area contributed by atoms with Crippen LogP contribution < -0.4 is 34.0 Å². The first-order valence-corrected chi connectivity index (χ1v) is 10.8. The van der Waals surface area contributed by atoms with E-state index in [0.29, 0.717) is 16.7 Å². The number of rotatable bonds is 7. The average molecular weight is 500 g/mol. The summed E-state index contributed by atoms with van der Waals surface area (Å²) < 4.78 is 44.8. The summed E-state index contributed by atoms with van der Waals surface area (Å²) in [4.78, 5) is 35.1. The highest BCUT2D eigenvalue weighted by Gasteiger charge is 2.39. The van der Waals surface area contributed by atoms with Crippen LogP contribution in [0.3, 0.4) is 0 Å². The molecule has 1 aliphatic heterocycles. The topological polar surface area (TPSA) is 129 Å². The van der Waals surface area contributed by atoms with E-state index in [9.17, 15) is 14.4 Å². The highest BCUT2D eigenvalue weighted by molar-refractivity contribution is 5.88. The maximum atomic E-state index is 11.9. The molecular formula is C25H24O11. The second kappa shape index (κ2) is 10.1. The van der Waals surface area contributed by atoms with E-state index < -0.39 is 29.8 Å². The highest BCUT2D eigenvalue weighted by atomic mass is 16.6. The smallest absolute Gasteiger partial charge is 0.336 e. The van der Waals surface area contributed by atoms with Gasteiger partial charge in [-0.25, -0.2) is 4.79 Å².